The quantitative estimate of drug-likeness (QED) is 0.671. The van der Waals surface area contributed by atoms with Gasteiger partial charge in [-0.1, -0.05) is 6.42 Å². The van der Waals surface area contributed by atoms with E-state index in [1.165, 1.54) is 25.7 Å². The van der Waals surface area contributed by atoms with E-state index in [1.807, 2.05) is 0 Å². The summed E-state index contributed by atoms with van der Waals surface area (Å²) in [7, 11) is 0. The summed E-state index contributed by atoms with van der Waals surface area (Å²) in [6, 6.07) is 0.351. The molecular weight excluding hydrogens is 276 g/mol. The molecule has 1 saturated heterocycles. The maximum Gasteiger partial charge on any atom is 0.234 e. The Balaban J connectivity index is 0.00000147. The Bertz CT molecular complexity index is 334. The first kappa shape index (κ1) is 16.1. The van der Waals surface area contributed by atoms with Crippen LogP contribution in [0.2, 0.25) is 0 Å². The molecule has 3 fully saturated rings. The molecular formula is C15H26ClN2O2-. The highest BCUT2D eigenvalue weighted by Gasteiger charge is 2.42. The predicted molar refractivity (Wildman–Crippen MR) is 73.8 cm³/mol. The Labute approximate surface area is 128 Å². The van der Waals surface area contributed by atoms with Gasteiger partial charge in [0.2, 0.25) is 5.91 Å². The fourth-order valence-corrected chi connectivity index (χ4v) is 4.28. The van der Waals surface area contributed by atoms with E-state index in [1.54, 1.807) is 0 Å². The average Bonchev–Trinajstić information content (AvgIpc) is 3.02. The van der Waals surface area contributed by atoms with Crippen LogP contribution in [0, 0.1) is 17.8 Å². The molecule has 5 heteroatoms. The van der Waals surface area contributed by atoms with Crippen molar-refractivity contribution >= 4 is 5.91 Å². The molecule has 4 nitrogen and oxygen atoms in total. The van der Waals surface area contributed by atoms with Gasteiger partial charge in [0.05, 0.1) is 19.8 Å². The maximum absolute atomic E-state index is 12.1. The van der Waals surface area contributed by atoms with Gasteiger partial charge in [-0.15, -0.1) is 0 Å². The van der Waals surface area contributed by atoms with Crippen molar-refractivity contribution in [1.29, 1.82) is 0 Å². The summed E-state index contributed by atoms with van der Waals surface area (Å²) in [5, 5.41) is 3.23. The molecule has 2 bridgehead atoms. The molecule has 3 aliphatic rings. The zero-order chi connectivity index (χ0) is 13.2. The van der Waals surface area contributed by atoms with Crippen molar-refractivity contribution in [2.75, 3.05) is 32.8 Å². The Hall–Kier alpha value is -0.320. The third kappa shape index (κ3) is 3.66. The van der Waals surface area contributed by atoms with Crippen LogP contribution in [0.4, 0.5) is 0 Å². The van der Waals surface area contributed by atoms with E-state index >= 15 is 0 Å². The molecule has 0 aromatic rings. The molecule has 4 atom stereocenters. The predicted octanol–water partition coefficient (Wildman–Crippen LogP) is -1.74. The van der Waals surface area contributed by atoms with Crippen LogP contribution in [0.3, 0.4) is 0 Å². The summed E-state index contributed by atoms with van der Waals surface area (Å²) in [4.78, 5) is 14.3. The first-order valence-electron chi connectivity index (χ1n) is 7.82. The van der Waals surface area contributed by atoms with E-state index in [0.29, 0.717) is 12.6 Å². The second-order valence-electron chi connectivity index (χ2n) is 6.58. The minimum atomic E-state index is 0. The molecule has 0 aromatic carbocycles. The van der Waals surface area contributed by atoms with Crippen LogP contribution < -0.4 is 17.7 Å². The highest BCUT2D eigenvalue weighted by atomic mass is 35.5. The summed E-state index contributed by atoms with van der Waals surface area (Å²) < 4.78 is 5.30. The number of halogens is 1. The van der Waals surface area contributed by atoms with Crippen LogP contribution in [0.15, 0.2) is 0 Å². The molecule has 2 aliphatic carbocycles. The number of amides is 1. The standard InChI is InChI=1S/C15H26N2O2.ClH/c1-11(14-9-12-2-3-13(14)8-12)16-15(18)10-17-4-6-19-7-5-17;/h11-14H,2-10H2,1H3,(H,16,18);1H/p-1. The number of ether oxygens (including phenoxy) is 1. The smallest absolute Gasteiger partial charge is 0.234 e. The Morgan fingerprint density at radius 3 is 2.65 bits per heavy atom. The van der Waals surface area contributed by atoms with Crippen LogP contribution in [0.1, 0.15) is 32.6 Å². The van der Waals surface area contributed by atoms with Crippen molar-refractivity contribution in [3.63, 3.8) is 0 Å². The normalized spacial score (nSPS) is 34.5. The number of carbonyl (C=O) groups excluding carboxylic acids is 1. The number of nitrogens with zero attached hydrogens (tertiary/aromatic N) is 1. The van der Waals surface area contributed by atoms with E-state index < -0.39 is 0 Å². The van der Waals surface area contributed by atoms with Gasteiger partial charge in [0.1, 0.15) is 0 Å². The largest absolute Gasteiger partial charge is 1.00 e. The topological polar surface area (TPSA) is 41.6 Å². The third-order valence-electron chi connectivity index (χ3n) is 5.29. The molecule has 1 N–H and O–H groups in total. The van der Waals surface area contributed by atoms with Gasteiger partial charge >= 0.3 is 0 Å². The van der Waals surface area contributed by atoms with Crippen molar-refractivity contribution in [3.05, 3.63) is 0 Å². The molecule has 116 valence electrons. The molecule has 3 rings (SSSR count). The van der Waals surface area contributed by atoms with Crippen LogP contribution >= 0.6 is 0 Å². The Morgan fingerprint density at radius 2 is 2.05 bits per heavy atom. The fraction of sp³-hybridized carbons (Fsp3) is 0.933. The highest BCUT2D eigenvalue weighted by Crippen LogP contribution is 2.49. The number of hydrogen-bond donors (Lipinski definition) is 1. The molecule has 4 unspecified atom stereocenters. The highest BCUT2D eigenvalue weighted by molar-refractivity contribution is 5.78. The van der Waals surface area contributed by atoms with Crippen LogP contribution in [-0.2, 0) is 9.53 Å². The molecule has 0 spiro atoms. The lowest BCUT2D eigenvalue weighted by Gasteiger charge is -2.30. The molecule has 1 heterocycles. The van der Waals surface area contributed by atoms with Crippen molar-refractivity contribution < 1.29 is 21.9 Å². The van der Waals surface area contributed by atoms with Crippen LogP contribution in [0.25, 0.3) is 0 Å². The van der Waals surface area contributed by atoms with E-state index in [9.17, 15) is 4.79 Å². The monoisotopic (exact) mass is 301 g/mol. The van der Waals surface area contributed by atoms with Crippen molar-refractivity contribution in [3.8, 4) is 0 Å². The number of hydrogen-bond acceptors (Lipinski definition) is 3. The first-order chi connectivity index (χ1) is 9.22. The summed E-state index contributed by atoms with van der Waals surface area (Å²) in [5.74, 6) is 2.75. The van der Waals surface area contributed by atoms with Gasteiger partial charge in [0, 0.05) is 19.1 Å². The minimum absolute atomic E-state index is 0. The van der Waals surface area contributed by atoms with Gasteiger partial charge < -0.3 is 22.5 Å². The summed E-state index contributed by atoms with van der Waals surface area (Å²) in [6.07, 6.45) is 5.56. The number of rotatable bonds is 4. The van der Waals surface area contributed by atoms with Crippen molar-refractivity contribution in [2.45, 2.75) is 38.6 Å². The lowest BCUT2D eigenvalue weighted by molar-refractivity contribution is -0.124. The van der Waals surface area contributed by atoms with Gasteiger partial charge in [-0.3, -0.25) is 9.69 Å². The molecule has 1 amide bonds. The molecule has 0 aromatic heterocycles. The van der Waals surface area contributed by atoms with Crippen LogP contribution in [0.5, 0.6) is 0 Å². The van der Waals surface area contributed by atoms with E-state index in [4.69, 9.17) is 4.74 Å². The average molecular weight is 302 g/mol. The molecule has 1 aliphatic heterocycles. The van der Waals surface area contributed by atoms with Gasteiger partial charge in [-0.25, -0.2) is 0 Å². The van der Waals surface area contributed by atoms with Crippen molar-refractivity contribution in [2.24, 2.45) is 17.8 Å². The van der Waals surface area contributed by atoms with Gasteiger partial charge in [-0.2, -0.15) is 0 Å². The number of morpholine rings is 1. The zero-order valence-electron chi connectivity index (χ0n) is 12.3. The number of fused-ring (bicyclic) bond motifs is 2. The summed E-state index contributed by atoms with van der Waals surface area (Å²) in [6.45, 7) is 6.02. The fourth-order valence-electron chi connectivity index (χ4n) is 4.28. The number of carbonyl (C=O) groups is 1. The van der Waals surface area contributed by atoms with Gasteiger partial charge in [0.15, 0.2) is 0 Å². The van der Waals surface area contributed by atoms with E-state index in [-0.39, 0.29) is 18.3 Å². The summed E-state index contributed by atoms with van der Waals surface area (Å²) >= 11 is 0. The van der Waals surface area contributed by atoms with Gasteiger partial charge in [-0.05, 0) is 43.9 Å². The maximum atomic E-state index is 12.1. The van der Waals surface area contributed by atoms with Crippen molar-refractivity contribution in [1.82, 2.24) is 10.2 Å². The van der Waals surface area contributed by atoms with E-state index in [2.05, 4.69) is 17.1 Å². The summed E-state index contributed by atoms with van der Waals surface area (Å²) in [5.41, 5.74) is 0. The molecule has 0 radical (unpaired) electrons. The zero-order valence-corrected chi connectivity index (χ0v) is 13.1. The molecule has 20 heavy (non-hydrogen) atoms. The Morgan fingerprint density at radius 1 is 1.30 bits per heavy atom. The SMILES string of the molecule is CC(NC(=O)CN1CCOCC1)C1CC2CCC1C2.[Cl-]. The molecule has 2 saturated carbocycles. The lowest BCUT2D eigenvalue weighted by atomic mass is 9.84. The Kier molecular flexibility index (Phi) is 5.70. The first-order valence-corrected chi connectivity index (χ1v) is 7.82. The third-order valence-corrected chi connectivity index (χ3v) is 5.29. The number of nitrogens with one attached hydrogen (secondary N) is 1. The van der Waals surface area contributed by atoms with Gasteiger partial charge in [0.25, 0.3) is 0 Å². The second kappa shape index (κ2) is 7.10. The lowest BCUT2D eigenvalue weighted by Crippen LogP contribution is -3.00. The van der Waals surface area contributed by atoms with E-state index in [0.717, 1.165) is 44.1 Å². The second-order valence-corrected chi connectivity index (χ2v) is 6.58. The minimum Gasteiger partial charge on any atom is -1.00 e. The van der Waals surface area contributed by atoms with Crippen LogP contribution in [-0.4, -0.2) is 49.7 Å².